The molecule has 0 bridgehead atoms. The molecule has 5 nitrogen and oxygen atoms in total. The average Bonchev–Trinajstić information content (AvgIpc) is 3.37. The Bertz CT molecular complexity index is 2790. The Labute approximate surface area is 373 Å². The molecule has 9 aromatic rings. The summed E-state index contributed by atoms with van der Waals surface area (Å²) in [5, 5.41) is 11.4. The number of nitro groups is 1. The van der Waals surface area contributed by atoms with Gasteiger partial charge in [-0.2, -0.15) is 0 Å². The monoisotopic (exact) mass is 826 g/mol. The van der Waals surface area contributed by atoms with Crippen LogP contribution in [0.2, 0.25) is 0 Å². The maximum atomic E-state index is 14.3. The molecule has 306 valence electrons. The molecule has 0 aliphatic carbocycles. The van der Waals surface area contributed by atoms with Gasteiger partial charge in [0.15, 0.2) is 0 Å². The van der Waals surface area contributed by atoms with E-state index < -0.39 is 4.92 Å². The maximum absolute atomic E-state index is 14.3. The summed E-state index contributed by atoms with van der Waals surface area (Å²) in [5.41, 5.74) is 14.7. The molecular formula is C59H42N2O3. The third-order valence-corrected chi connectivity index (χ3v) is 11.2. The molecule has 9 rings (SSSR count). The van der Waals surface area contributed by atoms with Gasteiger partial charge in [0, 0.05) is 29.1 Å². The molecule has 0 saturated carbocycles. The second-order valence-electron chi connectivity index (χ2n) is 15.4. The first kappa shape index (κ1) is 40.7. The predicted molar refractivity (Wildman–Crippen MR) is 263 cm³/mol. The summed E-state index contributed by atoms with van der Waals surface area (Å²) in [5.74, 6) is -0.303. The van der Waals surface area contributed by atoms with E-state index in [4.69, 9.17) is 0 Å². The van der Waals surface area contributed by atoms with Crippen molar-refractivity contribution in [3.05, 3.63) is 292 Å². The molecule has 0 spiro atoms. The van der Waals surface area contributed by atoms with E-state index in [2.05, 4.69) is 158 Å². The van der Waals surface area contributed by atoms with Crippen LogP contribution in [0.5, 0.6) is 0 Å². The van der Waals surface area contributed by atoms with Crippen LogP contribution in [-0.4, -0.2) is 10.8 Å². The standard InChI is InChI=1S/C59H42N2O3/c62-59(53-33-39-56(40-34-53)61(63)64)60(54-35-29-47(30-36-54)45-25-21-43(22-26-45)41-57(49-13-5-1-6-14-49)50-15-7-2-8-16-50)55-37-31-48(32-38-55)46-27-23-44(24-28-46)42-58(51-17-9-3-10-18-51)52-19-11-4-12-20-52/h1-42H. The zero-order chi connectivity index (χ0) is 43.7. The summed E-state index contributed by atoms with van der Waals surface area (Å²) in [6.45, 7) is 0. The van der Waals surface area contributed by atoms with Crippen LogP contribution in [0.4, 0.5) is 17.1 Å². The molecular weight excluding hydrogens is 785 g/mol. The number of non-ortho nitro benzene ring substituents is 1. The van der Waals surface area contributed by atoms with E-state index in [0.29, 0.717) is 16.9 Å². The summed E-state index contributed by atoms with van der Waals surface area (Å²) < 4.78 is 0. The van der Waals surface area contributed by atoms with Crippen LogP contribution in [0.3, 0.4) is 0 Å². The molecule has 9 aromatic carbocycles. The van der Waals surface area contributed by atoms with Gasteiger partial charge in [-0.1, -0.05) is 194 Å². The Morgan fingerprint density at radius 3 is 0.953 bits per heavy atom. The molecule has 1 amide bonds. The van der Waals surface area contributed by atoms with E-state index in [0.717, 1.165) is 66.8 Å². The average molecular weight is 827 g/mol. The molecule has 0 radical (unpaired) electrons. The zero-order valence-corrected chi connectivity index (χ0v) is 34.9. The van der Waals surface area contributed by atoms with Gasteiger partial charge in [-0.3, -0.25) is 19.8 Å². The predicted octanol–water partition coefficient (Wildman–Crippen LogP) is 15.1. The van der Waals surface area contributed by atoms with E-state index in [1.165, 1.54) is 24.3 Å². The van der Waals surface area contributed by atoms with Gasteiger partial charge < -0.3 is 0 Å². The third kappa shape index (κ3) is 9.30. The molecule has 0 heterocycles. The zero-order valence-electron chi connectivity index (χ0n) is 34.9. The Morgan fingerprint density at radius 1 is 0.359 bits per heavy atom. The number of nitro benzene ring substituents is 1. The summed E-state index contributed by atoms with van der Waals surface area (Å²) in [6, 6.07) is 80.1. The highest BCUT2D eigenvalue weighted by Gasteiger charge is 2.21. The number of carbonyl (C=O) groups is 1. The van der Waals surface area contributed by atoms with Gasteiger partial charge in [0.05, 0.1) is 4.92 Å². The normalized spacial score (nSPS) is 10.7. The second-order valence-corrected chi connectivity index (χ2v) is 15.4. The molecule has 0 unspecified atom stereocenters. The van der Waals surface area contributed by atoms with Crippen LogP contribution < -0.4 is 4.90 Å². The van der Waals surface area contributed by atoms with Crippen molar-refractivity contribution in [2.75, 3.05) is 4.90 Å². The van der Waals surface area contributed by atoms with Gasteiger partial charge in [-0.15, -0.1) is 0 Å². The molecule has 0 fully saturated rings. The van der Waals surface area contributed by atoms with Gasteiger partial charge in [-0.05, 0) is 115 Å². The van der Waals surface area contributed by atoms with E-state index >= 15 is 0 Å². The van der Waals surface area contributed by atoms with Crippen molar-refractivity contribution in [2.24, 2.45) is 0 Å². The number of benzene rings is 9. The summed E-state index contributed by atoms with van der Waals surface area (Å²) in [6.07, 6.45) is 4.43. The quantitative estimate of drug-likeness (QED) is 0.0700. The molecule has 0 saturated heterocycles. The Morgan fingerprint density at radius 2 is 0.656 bits per heavy atom. The van der Waals surface area contributed by atoms with Crippen LogP contribution in [0.1, 0.15) is 43.7 Å². The molecule has 64 heavy (non-hydrogen) atoms. The topological polar surface area (TPSA) is 63.4 Å². The first-order chi connectivity index (χ1) is 31.5. The highest BCUT2D eigenvalue weighted by Crippen LogP contribution is 2.34. The molecule has 0 aliphatic heterocycles. The number of amides is 1. The Balaban J connectivity index is 0.990. The van der Waals surface area contributed by atoms with Crippen molar-refractivity contribution < 1.29 is 9.72 Å². The number of carbonyl (C=O) groups excluding carboxylic acids is 1. The van der Waals surface area contributed by atoms with Crippen molar-refractivity contribution in [1.29, 1.82) is 0 Å². The van der Waals surface area contributed by atoms with Crippen LogP contribution >= 0.6 is 0 Å². The second kappa shape index (κ2) is 18.9. The summed E-state index contributed by atoms with van der Waals surface area (Å²) >= 11 is 0. The van der Waals surface area contributed by atoms with Crippen molar-refractivity contribution in [3.63, 3.8) is 0 Å². The fraction of sp³-hybridized carbons (Fsp3) is 0. The number of rotatable bonds is 12. The highest BCUT2D eigenvalue weighted by atomic mass is 16.6. The Kier molecular flexibility index (Phi) is 12.0. The largest absolute Gasteiger partial charge is 0.277 e. The van der Waals surface area contributed by atoms with E-state index in [1.807, 2.05) is 72.8 Å². The summed E-state index contributed by atoms with van der Waals surface area (Å²) in [7, 11) is 0. The fourth-order valence-corrected chi connectivity index (χ4v) is 7.86. The van der Waals surface area contributed by atoms with E-state index in [1.54, 1.807) is 4.90 Å². The lowest BCUT2D eigenvalue weighted by atomic mass is 9.95. The first-order valence-corrected chi connectivity index (χ1v) is 21.1. The molecule has 0 aromatic heterocycles. The number of anilines is 2. The minimum Gasteiger partial charge on any atom is -0.277 e. The van der Waals surface area contributed by atoms with Gasteiger partial charge in [0.2, 0.25) is 0 Å². The highest BCUT2D eigenvalue weighted by molar-refractivity contribution is 6.11. The van der Waals surface area contributed by atoms with E-state index in [-0.39, 0.29) is 11.6 Å². The minimum atomic E-state index is -0.466. The number of hydrogen-bond donors (Lipinski definition) is 0. The van der Waals surface area contributed by atoms with E-state index in [9.17, 15) is 14.9 Å². The lowest BCUT2D eigenvalue weighted by molar-refractivity contribution is -0.384. The molecule has 5 heteroatoms. The number of nitrogens with zero attached hydrogens (tertiary/aromatic N) is 2. The van der Waals surface area contributed by atoms with Crippen LogP contribution in [0, 0.1) is 10.1 Å². The minimum absolute atomic E-state index is 0.0764. The van der Waals surface area contributed by atoms with Crippen LogP contribution in [0.25, 0.3) is 45.6 Å². The number of hydrogen-bond acceptors (Lipinski definition) is 3. The SMILES string of the molecule is O=C(c1ccc([N+](=O)[O-])cc1)N(c1ccc(-c2ccc(C=C(c3ccccc3)c3ccccc3)cc2)cc1)c1ccc(-c2ccc(C=C(c3ccccc3)c3ccccc3)cc2)cc1. The lowest BCUT2D eigenvalue weighted by Gasteiger charge is -2.24. The van der Waals surface area contributed by atoms with Crippen molar-refractivity contribution in [3.8, 4) is 22.3 Å². The van der Waals surface area contributed by atoms with Gasteiger partial charge in [-0.25, -0.2) is 0 Å². The summed E-state index contributed by atoms with van der Waals surface area (Å²) in [4.78, 5) is 27.0. The fourth-order valence-electron chi connectivity index (χ4n) is 7.86. The molecule has 0 aliphatic rings. The van der Waals surface area contributed by atoms with Crippen molar-refractivity contribution in [1.82, 2.24) is 0 Å². The van der Waals surface area contributed by atoms with Crippen molar-refractivity contribution >= 4 is 46.3 Å². The lowest BCUT2D eigenvalue weighted by Crippen LogP contribution is -2.25. The van der Waals surface area contributed by atoms with Gasteiger partial charge >= 0.3 is 0 Å². The Hall–Kier alpha value is -8.67. The van der Waals surface area contributed by atoms with Gasteiger partial charge in [0.25, 0.3) is 11.6 Å². The van der Waals surface area contributed by atoms with Crippen molar-refractivity contribution in [2.45, 2.75) is 0 Å². The smallest absolute Gasteiger partial charge is 0.269 e. The molecule has 0 N–H and O–H groups in total. The maximum Gasteiger partial charge on any atom is 0.269 e. The molecule has 0 atom stereocenters. The third-order valence-electron chi connectivity index (χ3n) is 11.2. The van der Waals surface area contributed by atoms with Crippen LogP contribution in [0.15, 0.2) is 243 Å². The van der Waals surface area contributed by atoms with Gasteiger partial charge in [0.1, 0.15) is 0 Å². The first-order valence-electron chi connectivity index (χ1n) is 21.1. The van der Waals surface area contributed by atoms with Crippen LogP contribution in [-0.2, 0) is 0 Å².